The molecule has 3 aromatic heterocycles. The van der Waals surface area contributed by atoms with Crippen LogP contribution in [-0.4, -0.2) is 23.6 Å². The highest BCUT2D eigenvalue weighted by atomic mass is 32.1. The number of nitrogens with one attached hydrogen (secondary N) is 2. The van der Waals surface area contributed by atoms with Crippen LogP contribution in [0.3, 0.4) is 0 Å². The van der Waals surface area contributed by atoms with Gasteiger partial charge in [0, 0.05) is 22.0 Å². The number of carbonyl (C=O) groups is 2. The van der Waals surface area contributed by atoms with Crippen molar-refractivity contribution in [1.82, 2.24) is 10.3 Å². The van der Waals surface area contributed by atoms with E-state index in [0.29, 0.717) is 30.1 Å². The summed E-state index contributed by atoms with van der Waals surface area (Å²) in [6.07, 6.45) is 5.03. The number of thiophene rings is 2. The van der Waals surface area contributed by atoms with E-state index >= 15 is 0 Å². The second kappa shape index (κ2) is 10.7. The van der Waals surface area contributed by atoms with E-state index in [1.165, 1.54) is 28.7 Å². The summed E-state index contributed by atoms with van der Waals surface area (Å²) in [6, 6.07) is 4.18. The maximum atomic E-state index is 12.3. The van der Waals surface area contributed by atoms with Gasteiger partial charge in [-0.25, -0.2) is 9.78 Å². The van der Waals surface area contributed by atoms with E-state index in [4.69, 9.17) is 4.74 Å². The van der Waals surface area contributed by atoms with Crippen molar-refractivity contribution in [2.45, 2.75) is 32.7 Å². The molecule has 1 unspecified atom stereocenters. The summed E-state index contributed by atoms with van der Waals surface area (Å²) in [5.74, 6) is -0.0825. The Morgan fingerprint density at radius 3 is 3.00 bits per heavy atom. The lowest BCUT2D eigenvalue weighted by Gasteiger charge is -2.21. The predicted molar refractivity (Wildman–Crippen MR) is 132 cm³/mol. The maximum Gasteiger partial charge on any atom is 0.407 e. The fourth-order valence-electron chi connectivity index (χ4n) is 3.57. The summed E-state index contributed by atoms with van der Waals surface area (Å²) in [4.78, 5) is 29.7. The minimum atomic E-state index is -0.456. The highest BCUT2D eigenvalue weighted by Gasteiger charge is 2.27. The molecule has 3 heterocycles. The number of rotatable bonds is 7. The van der Waals surface area contributed by atoms with Crippen LogP contribution in [0.1, 0.15) is 38.7 Å². The van der Waals surface area contributed by atoms with Gasteiger partial charge < -0.3 is 15.4 Å². The Morgan fingerprint density at radius 2 is 2.27 bits per heavy atom. The second-order valence-electron chi connectivity index (χ2n) is 7.64. The number of anilines is 1. The number of alkyl carbamates (subject to hydrolysis) is 1. The molecule has 7 nitrogen and oxygen atoms in total. The van der Waals surface area contributed by atoms with Crippen molar-refractivity contribution < 1.29 is 14.3 Å². The van der Waals surface area contributed by atoms with Gasteiger partial charge in [-0.15, -0.1) is 22.7 Å². The minimum absolute atomic E-state index is 0.178. The molecule has 4 rings (SSSR count). The van der Waals surface area contributed by atoms with Crippen molar-refractivity contribution in [2.75, 3.05) is 11.9 Å². The Bertz CT molecular complexity index is 1200. The van der Waals surface area contributed by atoms with Crippen LogP contribution in [0.4, 0.5) is 9.80 Å². The van der Waals surface area contributed by atoms with E-state index in [0.717, 1.165) is 39.5 Å². The Kier molecular flexibility index (Phi) is 7.54. The van der Waals surface area contributed by atoms with Gasteiger partial charge in [0.2, 0.25) is 5.91 Å². The van der Waals surface area contributed by atoms with Crippen LogP contribution < -0.4 is 10.6 Å². The number of thiazole rings is 1. The van der Waals surface area contributed by atoms with Crippen molar-refractivity contribution in [1.29, 1.82) is 5.26 Å². The van der Waals surface area contributed by atoms with Crippen molar-refractivity contribution >= 4 is 57.1 Å². The molecule has 0 bridgehead atoms. The van der Waals surface area contributed by atoms with Crippen LogP contribution in [0.5, 0.6) is 0 Å². The number of hydrogen-bond acceptors (Lipinski definition) is 8. The van der Waals surface area contributed by atoms with Gasteiger partial charge in [-0.2, -0.15) is 16.6 Å². The Morgan fingerprint density at radius 1 is 1.39 bits per heavy atom. The standard InChI is InChI=1S/C23H22N4O3S3/c1-14-12-32-21(26-14)10-25-23(29)30-11-16-2-4-17-18(9-24)22(33-19(17)8-16)27-20(28)5-3-15-6-7-31-13-15/h3,5-7,12-13,16H,2,4,8,10-11H2,1H3,(H,25,29)(H,27,28)/b5-3+. The molecule has 170 valence electrons. The van der Waals surface area contributed by atoms with Crippen molar-refractivity contribution in [2.24, 2.45) is 5.92 Å². The van der Waals surface area contributed by atoms with Crippen LogP contribution in [0.15, 0.2) is 28.3 Å². The first-order chi connectivity index (χ1) is 16.0. The van der Waals surface area contributed by atoms with E-state index in [1.807, 2.05) is 29.1 Å². The molecule has 1 atom stereocenters. The van der Waals surface area contributed by atoms with Crippen LogP contribution >= 0.6 is 34.0 Å². The van der Waals surface area contributed by atoms with Crippen molar-refractivity contribution in [3.8, 4) is 6.07 Å². The number of aromatic nitrogens is 1. The Balaban J connectivity index is 1.31. The molecular weight excluding hydrogens is 476 g/mol. The number of nitriles is 1. The predicted octanol–water partition coefficient (Wildman–Crippen LogP) is 5.13. The van der Waals surface area contributed by atoms with Gasteiger partial charge in [0.25, 0.3) is 0 Å². The molecule has 0 aliphatic heterocycles. The number of fused-ring (bicyclic) bond motifs is 1. The third kappa shape index (κ3) is 6.07. The van der Waals surface area contributed by atoms with Gasteiger partial charge >= 0.3 is 6.09 Å². The molecule has 0 saturated heterocycles. The molecule has 0 saturated carbocycles. The summed E-state index contributed by atoms with van der Waals surface area (Å²) < 4.78 is 5.41. The normalized spacial score (nSPS) is 15.1. The maximum absolute atomic E-state index is 12.3. The largest absolute Gasteiger partial charge is 0.449 e. The average Bonchev–Trinajstić information content (AvgIpc) is 3.54. The second-order valence-corrected chi connectivity index (χ2v) is 10.5. The molecule has 10 heteroatoms. The summed E-state index contributed by atoms with van der Waals surface area (Å²) in [5.41, 5.74) is 3.45. The fraction of sp³-hybridized carbons (Fsp3) is 0.304. The third-order valence-electron chi connectivity index (χ3n) is 5.19. The summed E-state index contributed by atoms with van der Waals surface area (Å²) in [6.45, 7) is 2.58. The summed E-state index contributed by atoms with van der Waals surface area (Å²) >= 11 is 4.50. The smallest absolute Gasteiger partial charge is 0.407 e. The Hall–Kier alpha value is -3.00. The van der Waals surface area contributed by atoms with Gasteiger partial charge in [-0.05, 0) is 66.1 Å². The number of amides is 2. The lowest BCUT2D eigenvalue weighted by atomic mass is 9.88. The monoisotopic (exact) mass is 498 g/mol. The first-order valence-electron chi connectivity index (χ1n) is 10.4. The van der Waals surface area contributed by atoms with Gasteiger partial charge in [0.1, 0.15) is 16.1 Å². The number of hydrogen-bond donors (Lipinski definition) is 2. The quantitative estimate of drug-likeness (QED) is 0.440. The van der Waals surface area contributed by atoms with Crippen molar-refractivity contribution in [3.63, 3.8) is 0 Å². The van der Waals surface area contributed by atoms with Gasteiger partial charge in [-0.1, -0.05) is 0 Å². The highest BCUT2D eigenvalue weighted by Crippen LogP contribution is 2.39. The fourth-order valence-corrected chi connectivity index (χ4v) is 6.23. The van der Waals surface area contributed by atoms with Gasteiger partial charge in [-0.3, -0.25) is 4.79 Å². The van der Waals surface area contributed by atoms with E-state index in [9.17, 15) is 14.9 Å². The zero-order chi connectivity index (χ0) is 23.2. The molecule has 33 heavy (non-hydrogen) atoms. The number of carbonyl (C=O) groups excluding carboxylic acids is 2. The molecule has 1 aliphatic carbocycles. The van der Waals surface area contributed by atoms with Crippen LogP contribution in [0, 0.1) is 24.2 Å². The lowest BCUT2D eigenvalue weighted by Crippen LogP contribution is -2.27. The average molecular weight is 499 g/mol. The zero-order valence-electron chi connectivity index (χ0n) is 17.9. The lowest BCUT2D eigenvalue weighted by molar-refractivity contribution is -0.111. The molecule has 2 amide bonds. The highest BCUT2D eigenvalue weighted by molar-refractivity contribution is 7.16. The Labute approximate surface area is 203 Å². The van der Waals surface area contributed by atoms with Crippen LogP contribution in [0.25, 0.3) is 6.08 Å². The SMILES string of the molecule is Cc1csc(CNC(=O)OCC2CCc3c(sc(NC(=O)/C=C/c4ccsc4)c3C#N)C2)n1. The molecular formula is C23H22N4O3S3. The first kappa shape index (κ1) is 23.2. The number of nitrogens with zero attached hydrogens (tertiary/aromatic N) is 2. The molecule has 2 N–H and O–H groups in total. The minimum Gasteiger partial charge on any atom is -0.449 e. The molecule has 0 spiro atoms. The molecule has 0 aromatic carbocycles. The topological polar surface area (TPSA) is 104 Å². The van der Waals surface area contributed by atoms with Gasteiger partial charge in [0.05, 0.1) is 18.7 Å². The molecule has 0 radical (unpaired) electrons. The van der Waals surface area contributed by atoms with Crippen LogP contribution in [0.2, 0.25) is 0 Å². The van der Waals surface area contributed by atoms with E-state index < -0.39 is 6.09 Å². The zero-order valence-corrected chi connectivity index (χ0v) is 20.4. The molecule has 3 aromatic rings. The first-order valence-corrected chi connectivity index (χ1v) is 13.0. The van der Waals surface area contributed by atoms with E-state index in [1.54, 1.807) is 17.4 Å². The number of aryl methyl sites for hydroxylation is 1. The van der Waals surface area contributed by atoms with E-state index in [-0.39, 0.29) is 11.8 Å². The van der Waals surface area contributed by atoms with Crippen molar-refractivity contribution in [3.05, 3.63) is 60.6 Å². The summed E-state index contributed by atoms with van der Waals surface area (Å²) in [5, 5.41) is 22.5. The third-order valence-corrected chi connectivity index (χ3v) is 8.02. The summed E-state index contributed by atoms with van der Waals surface area (Å²) in [7, 11) is 0. The molecule has 1 aliphatic rings. The number of ether oxygens (including phenoxy) is 1. The molecule has 0 fully saturated rings. The van der Waals surface area contributed by atoms with Crippen LogP contribution in [-0.2, 0) is 28.9 Å². The van der Waals surface area contributed by atoms with E-state index in [2.05, 4.69) is 21.7 Å². The van der Waals surface area contributed by atoms with Gasteiger partial charge in [0.15, 0.2) is 0 Å².